The van der Waals surface area contributed by atoms with Crippen LogP contribution in [-0.2, 0) is 37.2 Å². The maximum Gasteiger partial charge on any atom is 0.326 e. The Kier molecular flexibility index (Phi) is 8.84. The summed E-state index contributed by atoms with van der Waals surface area (Å²) in [5, 5.41) is 15.5. The lowest BCUT2D eigenvalue weighted by Gasteiger charge is -2.35. The molecule has 200 valence electrons. The fourth-order valence-corrected chi connectivity index (χ4v) is 6.18. The Bertz CT molecular complexity index is 1040. The van der Waals surface area contributed by atoms with Crippen LogP contribution in [0.1, 0.15) is 56.2 Å². The van der Waals surface area contributed by atoms with Crippen LogP contribution in [0.3, 0.4) is 0 Å². The molecule has 4 rings (SSSR count). The molecule has 1 aromatic rings. The van der Waals surface area contributed by atoms with E-state index in [4.69, 9.17) is 9.72 Å². The summed E-state index contributed by atoms with van der Waals surface area (Å²) in [6.07, 6.45) is 8.70. The predicted octanol–water partition coefficient (Wildman–Crippen LogP) is 1.80. The molecule has 2 atom stereocenters. The molecule has 1 saturated heterocycles. The van der Waals surface area contributed by atoms with Crippen LogP contribution in [0.15, 0.2) is 12.1 Å². The minimum atomic E-state index is -3.38. The third-order valence-corrected chi connectivity index (χ3v) is 8.82. The fourth-order valence-electron chi connectivity index (χ4n) is 5.26. The number of aryl methyl sites for hydroxylation is 2. The van der Waals surface area contributed by atoms with Gasteiger partial charge in [-0.25, -0.2) is 22.5 Å². The quantitative estimate of drug-likeness (QED) is 0.400. The van der Waals surface area contributed by atoms with Crippen molar-refractivity contribution >= 4 is 27.7 Å². The Hall–Kier alpha value is -2.24. The van der Waals surface area contributed by atoms with E-state index in [9.17, 15) is 23.1 Å². The lowest BCUT2D eigenvalue weighted by atomic mass is 9.79. The summed E-state index contributed by atoms with van der Waals surface area (Å²) >= 11 is 0. The van der Waals surface area contributed by atoms with Crippen molar-refractivity contribution in [2.45, 2.75) is 69.9 Å². The number of anilines is 1. The number of sulfonamides is 1. The first kappa shape index (κ1) is 26.8. The molecule has 1 saturated carbocycles. The summed E-state index contributed by atoms with van der Waals surface area (Å²) in [4.78, 5) is 29.0. The van der Waals surface area contributed by atoms with Crippen LogP contribution in [0, 0.1) is 11.8 Å². The molecule has 36 heavy (non-hydrogen) atoms. The summed E-state index contributed by atoms with van der Waals surface area (Å²) in [6.45, 7) is 1.73. The van der Waals surface area contributed by atoms with Crippen molar-refractivity contribution in [3.8, 4) is 0 Å². The molecular formula is C25H38N4O6S. The number of ether oxygens (including phenoxy) is 1. The van der Waals surface area contributed by atoms with Gasteiger partial charge in [-0.1, -0.05) is 6.07 Å². The molecule has 0 spiro atoms. The third kappa shape index (κ3) is 7.17. The van der Waals surface area contributed by atoms with E-state index in [1.54, 1.807) is 0 Å². The fraction of sp³-hybridized carbons (Fsp3) is 0.720. The summed E-state index contributed by atoms with van der Waals surface area (Å²) in [7, 11) is -3.38. The molecule has 1 aromatic heterocycles. The van der Waals surface area contributed by atoms with Gasteiger partial charge in [-0.3, -0.25) is 4.79 Å². The number of hydrogen-bond acceptors (Lipinski definition) is 7. The van der Waals surface area contributed by atoms with E-state index < -0.39 is 33.9 Å². The number of nitrogens with zero attached hydrogens (tertiary/aromatic N) is 2. The molecule has 3 aliphatic rings. The second-order valence-electron chi connectivity index (χ2n) is 10.4. The number of fused-ring (bicyclic) bond motifs is 1. The Labute approximate surface area is 213 Å². The third-order valence-electron chi connectivity index (χ3n) is 7.55. The summed E-state index contributed by atoms with van der Waals surface area (Å²) in [6, 6.07) is 3.26. The Morgan fingerprint density at radius 2 is 2.11 bits per heavy atom. The molecule has 0 bridgehead atoms. The van der Waals surface area contributed by atoms with Gasteiger partial charge in [0.15, 0.2) is 0 Å². The molecule has 2 aliphatic heterocycles. The number of carbonyl (C=O) groups is 2. The van der Waals surface area contributed by atoms with Crippen LogP contribution < -0.4 is 10.6 Å². The summed E-state index contributed by atoms with van der Waals surface area (Å²) < 4.78 is 30.7. The largest absolute Gasteiger partial charge is 0.480 e. The van der Waals surface area contributed by atoms with Crippen molar-refractivity contribution in [3.05, 3.63) is 23.4 Å². The van der Waals surface area contributed by atoms with Crippen molar-refractivity contribution in [2.24, 2.45) is 11.8 Å². The maximum atomic E-state index is 12.6. The van der Waals surface area contributed by atoms with Gasteiger partial charge in [0.05, 0.1) is 18.3 Å². The van der Waals surface area contributed by atoms with E-state index in [0.717, 1.165) is 62.8 Å². The molecule has 2 fully saturated rings. The zero-order valence-electron chi connectivity index (χ0n) is 20.9. The number of nitrogens with one attached hydrogen (secondary N) is 2. The van der Waals surface area contributed by atoms with E-state index in [-0.39, 0.29) is 25.7 Å². The van der Waals surface area contributed by atoms with Crippen LogP contribution in [0.5, 0.6) is 0 Å². The van der Waals surface area contributed by atoms with Gasteiger partial charge in [-0.05, 0) is 68.9 Å². The Balaban J connectivity index is 1.14. The molecule has 3 N–H and O–H groups in total. The molecule has 0 radical (unpaired) electrons. The second-order valence-corrected chi connectivity index (χ2v) is 12.3. The molecule has 0 aromatic carbocycles. The van der Waals surface area contributed by atoms with Crippen molar-refractivity contribution in [1.29, 1.82) is 0 Å². The molecule has 1 aliphatic carbocycles. The molecular weight excluding hydrogens is 484 g/mol. The van der Waals surface area contributed by atoms with Crippen molar-refractivity contribution < 1.29 is 27.9 Å². The highest BCUT2D eigenvalue weighted by Crippen LogP contribution is 2.34. The van der Waals surface area contributed by atoms with Crippen molar-refractivity contribution in [1.82, 2.24) is 14.6 Å². The van der Waals surface area contributed by atoms with Gasteiger partial charge in [0.25, 0.3) is 0 Å². The number of hydrogen-bond donors (Lipinski definition) is 3. The topological polar surface area (TPSA) is 138 Å². The number of rotatable bonds is 11. The van der Waals surface area contributed by atoms with Crippen LogP contribution in [-0.4, -0.2) is 79.3 Å². The van der Waals surface area contributed by atoms with E-state index >= 15 is 0 Å². The number of amides is 1. The van der Waals surface area contributed by atoms with E-state index in [1.165, 1.54) is 9.87 Å². The van der Waals surface area contributed by atoms with Crippen molar-refractivity contribution in [2.75, 3.05) is 37.8 Å². The lowest BCUT2D eigenvalue weighted by molar-refractivity contribution is -0.143. The van der Waals surface area contributed by atoms with Gasteiger partial charge in [0.2, 0.25) is 15.9 Å². The average molecular weight is 523 g/mol. The monoisotopic (exact) mass is 522 g/mol. The minimum Gasteiger partial charge on any atom is -0.480 e. The van der Waals surface area contributed by atoms with E-state index in [1.807, 2.05) is 0 Å². The second kappa shape index (κ2) is 11.9. The van der Waals surface area contributed by atoms with E-state index in [0.29, 0.717) is 25.3 Å². The van der Waals surface area contributed by atoms with Crippen LogP contribution in [0.25, 0.3) is 0 Å². The first-order valence-electron chi connectivity index (χ1n) is 13.0. The van der Waals surface area contributed by atoms with Gasteiger partial charge < -0.3 is 20.5 Å². The maximum absolute atomic E-state index is 12.6. The average Bonchev–Trinajstić information content (AvgIpc) is 2.83. The standard InChI is InChI=1S/C25H38N4O6S/c1-36(33,34)29-12-3-5-19(16-29)24(30)28-22(25(31)32)10-13-35-21-14-17(15-21)6-8-20-9-7-18-4-2-11-26-23(18)27-20/h7,9,17,19,21-22H,2-6,8,10-16H2,1H3,(H,26,27)(H,28,30)(H,31,32)/t17-,19-,21-,22-/m0/s1. The highest BCUT2D eigenvalue weighted by Gasteiger charge is 2.33. The van der Waals surface area contributed by atoms with Gasteiger partial charge in [-0.15, -0.1) is 0 Å². The highest BCUT2D eigenvalue weighted by atomic mass is 32.2. The van der Waals surface area contributed by atoms with Gasteiger partial charge in [0, 0.05) is 38.4 Å². The number of pyridine rings is 1. The summed E-state index contributed by atoms with van der Waals surface area (Å²) in [5.74, 6) is -0.444. The Morgan fingerprint density at radius 1 is 1.31 bits per heavy atom. The van der Waals surface area contributed by atoms with E-state index in [2.05, 4.69) is 22.8 Å². The number of carboxylic acids is 1. The Morgan fingerprint density at radius 3 is 2.86 bits per heavy atom. The van der Waals surface area contributed by atoms with Gasteiger partial charge in [0.1, 0.15) is 11.9 Å². The number of aliphatic carboxylic acids is 1. The van der Waals surface area contributed by atoms with Crippen LogP contribution in [0.2, 0.25) is 0 Å². The molecule has 1 amide bonds. The number of carboxylic acid groups (broad SMARTS) is 1. The normalized spacial score (nSPS) is 25.2. The number of carbonyl (C=O) groups excluding carboxylic acids is 1. The number of piperidine rings is 1. The minimum absolute atomic E-state index is 0.0917. The molecule has 3 heterocycles. The first-order chi connectivity index (χ1) is 17.2. The molecule has 0 unspecified atom stereocenters. The van der Waals surface area contributed by atoms with Crippen LogP contribution in [0.4, 0.5) is 5.82 Å². The van der Waals surface area contributed by atoms with Crippen molar-refractivity contribution in [3.63, 3.8) is 0 Å². The highest BCUT2D eigenvalue weighted by molar-refractivity contribution is 7.88. The first-order valence-corrected chi connectivity index (χ1v) is 14.9. The van der Waals surface area contributed by atoms with Gasteiger partial charge in [-0.2, -0.15) is 0 Å². The number of aromatic nitrogens is 1. The SMILES string of the molecule is CS(=O)(=O)N1CCC[C@H](C(=O)N[C@@H](CCO[C@H]2C[C@H](CCc3ccc4c(n3)NCCC4)C2)C(=O)O)C1. The van der Waals surface area contributed by atoms with Crippen LogP contribution >= 0.6 is 0 Å². The molecule has 11 heteroatoms. The molecule has 10 nitrogen and oxygen atoms in total. The smallest absolute Gasteiger partial charge is 0.326 e. The zero-order valence-corrected chi connectivity index (χ0v) is 21.8. The summed E-state index contributed by atoms with van der Waals surface area (Å²) in [5.41, 5.74) is 2.41. The predicted molar refractivity (Wildman–Crippen MR) is 135 cm³/mol. The lowest BCUT2D eigenvalue weighted by Crippen LogP contribution is -2.49. The zero-order chi connectivity index (χ0) is 25.7. The van der Waals surface area contributed by atoms with Gasteiger partial charge >= 0.3 is 5.97 Å².